The van der Waals surface area contributed by atoms with Gasteiger partial charge in [-0.1, -0.05) is 42.7 Å². The summed E-state index contributed by atoms with van der Waals surface area (Å²) in [5.74, 6) is -0.102. The van der Waals surface area contributed by atoms with E-state index in [1.807, 2.05) is 37.3 Å². The van der Waals surface area contributed by atoms with E-state index in [0.29, 0.717) is 16.5 Å². The molecule has 0 unspecified atom stereocenters. The van der Waals surface area contributed by atoms with E-state index in [0.717, 1.165) is 41.5 Å². The van der Waals surface area contributed by atoms with Gasteiger partial charge in [-0.2, -0.15) is 9.94 Å². The molecule has 1 fully saturated rings. The third-order valence-electron chi connectivity index (χ3n) is 6.41. The van der Waals surface area contributed by atoms with Crippen molar-refractivity contribution in [1.29, 1.82) is 5.26 Å². The van der Waals surface area contributed by atoms with Crippen LogP contribution in [0.3, 0.4) is 0 Å². The number of fused-ring (bicyclic) bond motifs is 3. The van der Waals surface area contributed by atoms with E-state index in [9.17, 15) is 14.4 Å². The number of amides is 1. The van der Waals surface area contributed by atoms with E-state index in [-0.39, 0.29) is 36.4 Å². The van der Waals surface area contributed by atoms with Crippen LogP contribution >= 0.6 is 0 Å². The van der Waals surface area contributed by atoms with Crippen molar-refractivity contribution in [2.45, 2.75) is 51.7 Å². The van der Waals surface area contributed by atoms with Crippen molar-refractivity contribution in [3.05, 3.63) is 80.0 Å². The van der Waals surface area contributed by atoms with E-state index in [4.69, 9.17) is 5.26 Å². The topological polar surface area (TPSA) is 114 Å². The average Bonchev–Trinajstić information content (AvgIpc) is 3.46. The van der Waals surface area contributed by atoms with Crippen LogP contribution in [0.25, 0.3) is 16.7 Å². The number of hydrogen-bond acceptors (Lipinski definition) is 5. The predicted octanol–water partition coefficient (Wildman–Crippen LogP) is 2.36. The Kier molecular flexibility index (Phi) is 5.49. The molecule has 0 radical (unpaired) electrons. The summed E-state index contributed by atoms with van der Waals surface area (Å²) in [5.41, 5.74) is 1.79. The van der Waals surface area contributed by atoms with Gasteiger partial charge in [-0.05, 0) is 43.5 Å². The third kappa shape index (κ3) is 3.77. The fourth-order valence-corrected chi connectivity index (χ4v) is 4.58. The summed E-state index contributed by atoms with van der Waals surface area (Å²) in [6.45, 7) is 1.95. The van der Waals surface area contributed by atoms with Crippen LogP contribution in [0.1, 0.15) is 47.2 Å². The Hall–Kier alpha value is -4.19. The van der Waals surface area contributed by atoms with E-state index >= 15 is 0 Å². The van der Waals surface area contributed by atoms with Crippen molar-refractivity contribution in [3.63, 3.8) is 0 Å². The van der Waals surface area contributed by atoms with Gasteiger partial charge in [0.25, 0.3) is 11.5 Å². The molecular formula is C25H24N6O3. The number of carbonyl (C=O) groups excluding carboxylic acids is 1. The molecule has 1 aliphatic rings. The molecule has 0 spiro atoms. The van der Waals surface area contributed by atoms with Crippen molar-refractivity contribution in [3.8, 4) is 6.07 Å². The van der Waals surface area contributed by atoms with Crippen LogP contribution in [0.15, 0.2) is 52.1 Å². The molecule has 9 heteroatoms. The summed E-state index contributed by atoms with van der Waals surface area (Å²) < 4.78 is 3.78. The summed E-state index contributed by atoms with van der Waals surface area (Å²) in [6, 6.07) is 14.6. The van der Waals surface area contributed by atoms with Crippen LogP contribution in [0, 0.1) is 18.3 Å². The molecule has 0 saturated heterocycles. The van der Waals surface area contributed by atoms with Crippen molar-refractivity contribution in [1.82, 2.24) is 24.1 Å². The number of carbonyl (C=O) groups is 1. The first-order chi connectivity index (χ1) is 16.5. The number of nitrogens with one attached hydrogen (secondary N) is 1. The molecule has 4 aromatic rings. The van der Waals surface area contributed by atoms with Gasteiger partial charge in [0.2, 0.25) is 5.78 Å². The van der Waals surface area contributed by atoms with E-state index < -0.39 is 5.69 Å². The lowest BCUT2D eigenvalue weighted by Gasteiger charge is -2.13. The molecule has 9 nitrogen and oxygen atoms in total. The zero-order chi connectivity index (χ0) is 23.8. The summed E-state index contributed by atoms with van der Waals surface area (Å²) >= 11 is 0. The van der Waals surface area contributed by atoms with Crippen LogP contribution in [0.5, 0.6) is 0 Å². The average molecular weight is 457 g/mol. The van der Waals surface area contributed by atoms with Gasteiger partial charge in [-0.25, -0.2) is 9.20 Å². The van der Waals surface area contributed by atoms with Crippen LogP contribution in [-0.2, 0) is 13.1 Å². The Morgan fingerprint density at radius 3 is 2.59 bits per heavy atom. The smallest absolute Gasteiger partial charge is 0.349 e. The highest BCUT2D eigenvalue weighted by molar-refractivity contribution is 5.98. The number of hydrogen-bond donors (Lipinski definition) is 1. The SMILES string of the molecule is Cc1ccc(Cn2c(=O)c3ccc(C(=O)NC4CCCC4)cc3n3c(=O)n(CC#N)nc23)cc1. The van der Waals surface area contributed by atoms with E-state index in [1.54, 1.807) is 18.2 Å². The maximum atomic E-state index is 13.5. The van der Waals surface area contributed by atoms with Crippen molar-refractivity contribution in [2.75, 3.05) is 0 Å². The number of rotatable bonds is 5. The Morgan fingerprint density at radius 2 is 1.88 bits per heavy atom. The highest BCUT2D eigenvalue weighted by atomic mass is 16.2. The number of aromatic nitrogens is 4. The number of aryl methyl sites for hydroxylation is 1. The minimum absolute atomic E-state index is 0.131. The molecule has 5 rings (SSSR count). The quantitative estimate of drug-likeness (QED) is 0.495. The first kappa shape index (κ1) is 21.6. The van der Waals surface area contributed by atoms with Crippen molar-refractivity contribution in [2.24, 2.45) is 0 Å². The fraction of sp³-hybridized carbons (Fsp3) is 0.320. The normalized spacial score (nSPS) is 14.0. The van der Waals surface area contributed by atoms with Crippen molar-refractivity contribution < 1.29 is 4.79 Å². The summed E-state index contributed by atoms with van der Waals surface area (Å²) in [5, 5.41) is 16.8. The van der Waals surface area contributed by atoms with Gasteiger partial charge in [0.05, 0.1) is 23.5 Å². The second-order valence-corrected chi connectivity index (χ2v) is 8.80. The highest BCUT2D eigenvalue weighted by Crippen LogP contribution is 2.19. The zero-order valence-corrected chi connectivity index (χ0v) is 18.8. The minimum atomic E-state index is -0.535. The Morgan fingerprint density at radius 1 is 1.15 bits per heavy atom. The summed E-state index contributed by atoms with van der Waals surface area (Å²) in [6.07, 6.45) is 4.09. The second-order valence-electron chi connectivity index (χ2n) is 8.80. The molecule has 2 heterocycles. The molecule has 1 saturated carbocycles. The second kappa shape index (κ2) is 8.63. The maximum absolute atomic E-state index is 13.5. The molecule has 2 aromatic heterocycles. The number of nitriles is 1. The van der Waals surface area contributed by atoms with Crippen LogP contribution in [0.4, 0.5) is 0 Å². The van der Waals surface area contributed by atoms with Gasteiger partial charge >= 0.3 is 5.69 Å². The number of benzene rings is 2. The Labute approximate surface area is 194 Å². The summed E-state index contributed by atoms with van der Waals surface area (Å²) in [4.78, 5) is 39.5. The maximum Gasteiger partial charge on any atom is 0.353 e. The molecule has 2 aromatic carbocycles. The monoisotopic (exact) mass is 456 g/mol. The molecule has 172 valence electrons. The van der Waals surface area contributed by atoms with Gasteiger partial charge in [-0.15, -0.1) is 5.10 Å². The molecule has 0 bridgehead atoms. The van der Waals surface area contributed by atoms with Crippen molar-refractivity contribution >= 4 is 22.6 Å². The van der Waals surface area contributed by atoms with Gasteiger partial charge in [0.15, 0.2) is 0 Å². The number of nitrogens with zero attached hydrogens (tertiary/aromatic N) is 5. The summed E-state index contributed by atoms with van der Waals surface area (Å²) in [7, 11) is 0. The fourth-order valence-electron chi connectivity index (χ4n) is 4.58. The minimum Gasteiger partial charge on any atom is -0.349 e. The Bertz CT molecular complexity index is 1560. The molecule has 0 atom stereocenters. The predicted molar refractivity (Wildman–Crippen MR) is 127 cm³/mol. The standard InChI is InChI=1S/C25H24N6O3/c1-16-6-8-17(9-7-16)15-29-23(33)20-11-10-18(22(32)27-19-4-2-3-5-19)14-21(20)31-24(29)28-30(13-12-26)25(31)34/h6-11,14,19H,2-5,13,15H2,1H3,(H,27,32). The van der Waals surface area contributed by atoms with Gasteiger partial charge < -0.3 is 5.32 Å². The molecule has 1 N–H and O–H groups in total. The lowest BCUT2D eigenvalue weighted by Crippen LogP contribution is -2.33. The van der Waals surface area contributed by atoms with Gasteiger partial charge in [0, 0.05) is 11.6 Å². The first-order valence-corrected chi connectivity index (χ1v) is 11.4. The third-order valence-corrected chi connectivity index (χ3v) is 6.41. The Balaban J connectivity index is 1.69. The molecule has 1 aliphatic carbocycles. The van der Waals surface area contributed by atoms with Crippen LogP contribution < -0.4 is 16.6 Å². The zero-order valence-electron chi connectivity index (χ0n) is 18.8. The molecular weight excluding hydrogens is 432 g/mol. The highest BCUT2D eigenvalue weighted by Gasteiger charge is 2.21. The molecule has 34 heavy (non-hydrogen) atoms. The van der Waals surface area contributed by atoms with Gasteiger partial charge in [0.1, 0.15) is 6.54 Å². The van der Waals surface area contributed by atoms with Gasteiger partial charge in [-0.3, -0.25) is 14.2 Å². The van der Waals surface area contributed by atoms with E-state index in [1.165, 1.54) is 8.97 Å². The van der Waals surface area contributed by atoms with E-state index in [2.05, 4.69) is 10.4 Å². The first-order valence-electron chi connectivity index (χ1n) is 11.4. The lowest BCUT2D eigenvalue weighted by molar-refractivity contribution is 0.0938. The largest absolute Gasteiger partial charge is 0.353 e. The van der Waals surface area contributed by atoms with Crippen LogP contribution in [0.2, 0.25) is 0 Å². The lowest BCUT2D eigenvalue weighted by atomic mass is 10.1. The van der Waals surface area contributed by atoms with Crippen LogP contribution in [-0.4, -0.2) is 30.7 Å². The molecule has 0 aliphatic heterocycles. The molecule has 1 amide bonds.